The minimum absolute atomic E-state index is 0.198. The summed E-state index contributed by atoms with van der Waals surface area (Å²) in [6.45, 7) is 2.53. The lowest BCUT2D eigenvalue weighted by atomic mass is 10.3. The third kappa shape index (κ3) is 3.88. The van der Waals surface area contributed by atoms with Crippen LogP contribution in [0, 0.1) is 0 Å². The van der Waals surface area contributed by atoms with Crippen LogP contribution < -0.4 is 5.32 Å². The van der Waals surface area contributed by atoms with Crippen LogP contribution in [0.5, 0.6) is 0 Å². The first kappa shape index (κ1) is 15.6. The molecule has 0 aliphatic carbocycles. The van der Waals surface area contributed by atoms with E-state index in [1.807, 2.05) is 6.92 Å². The number of anilines is 1. The van der Waals surface area contributed by atoms with Gasteiger partial charge in [-0.05, 0) is 6.92 Å². The minimum atomic E-state index is -4.45. The van der Waals surface area contributed by atoms with Crippen LogP contribution >= 0.6 is 11.3 Å². The summed E-state index contributed by atoms with van der Waals surface area (Å²) in [5.74, 6) is 0.914. The molecule has 2 aromatic heterocycles. The summed E-state index contributed by atoms with van der Waals surface area (Å²) in [5, 5.41) is 1.95. The van der Waals surface area contributed by atoms with Gasteiger partial charge in [-0.3, -0.25) is 0 Å². The van der Waals surface area contributed by atoms with E-state index in [1.165, 1.54) is 6.20 Å². The highest BCUT2D eigenvalue weighted by atomic mass is 32.1. The molecule has 0 fully saturated rings. The van der Waals surface area contributed by atoms with Crippen molar-refractivity contribution in [2.75, 3.05) is 19.0 Å². The molecule has 9 heteroatoms. The number of nitrogens with zero attached hydrogens (tertiary/aromatic N) is 3. The molecule has 0 saturated carbocycles. The Morgan fingerprint density at radius 2 is 2.10 bits per heavy atom. The Labute approximate surface area is 123 Å². The molecular weight excluding hydrogens is 305 g/mol. The summed E-state index contributed by atoms with van der Waals surface area (Å²) < 4.78 is 43.0. The number of rotatable bonds is 5. The zero-order valence-electron chi connectivity index (χ0n) is 11.4. The van der Waals surface area contributed by atoms with Crippen LogP contribution in [0.15, 0.2) is 12.3 Å². The van der Waals surface area contributed by atoms with Crippen LogP contribution in [0.1, 0.15) is 17.8 Å². The number of hydrogen-bond donors (Lipinski definition) is 1. The van der Waals surface area contributed by atoms with Gasteiger partial charge < -0.3 is 10.1 Å². The molecule has 0 bridgehead atoms. The Bertz CT molecular complexity index is 615. The van der Waals surface area contributed by atoms with Gasteiger partial charge in [0, 0.05) is 25.9 Å². The molecule has 2 heterocycles. The summed E-state index contributed by atoms with van der Waals surface area (Å²) in [6, 6.07) is 1.57. The number of alkyl halides is 3. The molecule has 5 nitrogen and oxygen atoms in total. The topological polar surface area (TPSA) is 59.9 Å². The lowest BCUT2D eigenvalue weighted by Gasteiger charge is -2.06. The fourth-order valence-electron chi connectivity index (χ4n) is 1.53. The standard InChI is InChI=1S/C12H13F3N4OS/c1-3-20-6-10-18-7(4-9(16-2)19-10)8-5-17-11(21-8)12(13,14)15/h4-5H,3,6H2,1-2H3,(H,16,18,19). The van der Waals surface area contributed by atoms with Gasteiger partial charge in [0.25, 0.3) is 0 Å². The number of hydrogen-bond acceptors (Lipinski definition) is 6. The van der Waals surface area contributed by atoms with Crippen molar-refractivity contribution in [2.24, 2.45) is 0 Å². The normalized spacial score (nSPS) is 11.7. The molecule has 0 atom stereocenters. The van der Waals surface area contributed by atoms with Gasteiger partial charge in [0.15, 0.2) is 10.8 Å². The lowest BCUT2D eigenvalue weighted by molar-refractivity contribution is -0.137. The maximum Gasteiger partial charge on any atom is 0.443 e. The van der Waals surface area contributed by atoms with Crippen LogP contribution in [0.4, 0.5) is 19.0 Å². The van der Waals surface area contributed by atoms with Crippen molar-refractivity contribution < 1.29 is 17.9 Å². The van der Waals surface area contributed by atoms with Gasteiger partial charge in [0.2, 0.25) is 0 Å². The Balaban J connectivity index is 2.36. The number of ether oxygens (including phenoxy) is 1. The molecule has 2 rings (SSSR count). The molecule has 0 spiro atoms. The molecular formula is C12H13F3N4OS. The zero-order valence-corrected chi connectivity index (χ0v) is 12.2. The highest BCUT2D eigenvalue weighted by molar-refractivity contribution is 7.15. The Morgan fingerprint density at radius 3 is 2.67 bits per heavy atom. The molecule has 1 N–H and O–H groups in total. The van der Waals surface area contributed by atoms with E-state index in [4.69, 9.17) is 4.74 Å². The summed E-state index contributed by atoms with van der Waals surface area (Å²) in [7, 11) is 1.67. The molecule has 0 amide bonds. The molecule has 0 aliphatic rings. The Hall–Kier alpha value is -1.74. The van der Waals surface area contributed by atoms with Gasteiger partial charge in [-0.15, -0.1) is 11.3 Å². The van der Waals surface area contributed by atoms with Crippen molar-refractivity contribution >= 4 is 17.2 Å². The largest absolute Gasteiger partial charge is 0.443 e. The van der Waals surface area contributed by atoms with Crippen LogP contribution in [0.25, 0.3) is 10.6 Å². The quantitative estimate of drug-likeness (QED) is 0.917. The van der Waals surface area contributed by atoms with E-state index in [0.717, 1.165) is 0 Å². The smallest absolute Gasteiger partial charge is 0.374 e. The highest BCUT2D eigenvalue weighted by Gasteiger charge is 2.34. The molecule has 0 aromatic carbocycles. The highest BCUT2D eigenvalue weighted by Crippen LogP contribution is 2.36. The summed E-state index contributed by atoms with van der Waals surface area (Å²) in [4.78, 5) is 12.1. The van der Waals surface area contributed by atoms with Crippen molar-refractivity contribution in [1.29, 1.82) is 0 Å². The fourth-order valence-corrected chi connectivity index (χ4v) is 2.28. The monoisotopic (exact) mass is 318 g/mol. The predicted molar refractivity (Wildman–Crippen MR) is 73.0 cm³/mol. The van der Waals surface area contributed by atoms with Crippen molar-refractivity contribution in [3.05, 3.63) is 23.1 Å². The van der Waals surface area contributed by atoms with Crippen LogP contribution in [0.3, 0.4) is 0 Å². The van der Waals surface area contributed by atoms with Gasteiger partial charge in [-0.25, -0.2) is 15.0 Å². The van der Waals surface area contributed by atoms with E-state index in [0.29, 0.717) is 40.2 Å². The average molecular weight is 318 g/mol. The molecule has 0 radical (unpaired) electrons. The van der Waals surface area contributed by atoms with Gasteiger partial charge in [-0.2, -0.15) is 13.2 Å². The first-order valence-corrected chi connectivity index (χ1v) is 6.92. The summed E-state index contributed by atoms with van der Waals surface area (Å²) >= 11 is 0.550. The Kier molecular flexibility index (Phi) is 4.73. The van der Waals surface area contributed by atoms with E-state index in [9.17, 15) is 13.2 Å². The third-order valence-electron chi connectivity index (χ3n) is 2.46. The molecule has 114 valence electrons. The number of nitrogens with one attached hydrogen (secondary N) is 1. The predicted octanol–water partition coefficient (Wildman–Crippen LogP) is 3.20. The summed E-state index contributed by atoms with van der Waals surface area (Å²) in [6.07, 6.45) is -3.28. The van der Waals surface area contributed by atoms with Crippen LogP contribution in [0.2, 0.25) is 0 Å². The van der Waals surface area contributed by atoms with Gasteiger partial charge in [0.05, 0.1) is 10.6 Å². The maximum absolute atomic E-state index is 12.6. The van der Waals surface area contributed by atoms with Crippen LogP contribution in [-0.4, -0.2) is 28.6 Å². The molecule has 0 unspecified atom stereocenters. The second-order valence-corrected chi connectivity index (χ2v) is 5.00. The van der Waals surface area contributed by atoms with Gasteiger partial charge >= 0.3 is 6.18 Å². The second-order valence-electron chi connectivity index (χ2n) is 3.97. The number of halogens is 3. The molecule has 0 saturated heterocycles. The Morgan fingerprint density at radius 1 is 1.33 bits per heavy atom. The fraction of sp³-hybridized carbons (Fsp3) is 0.417. The number of aromatic nitrogens is 3. The zero-order chi connectivity index (χ0) is 15.5. The average Bonchev–Trinajstić information content (AvgIpc) is 2.94. The SMILES string of the molecule is CCOCc1nc(NC)cc(-c2cnc(C(F)(F)F)s2)n1. The molecule has 21 heavy (non-hydrogen) atoms. The van der Waals surface area contributed by atoms with Crippen molar-refractivity contribution in [2.45, 2.75) is 19.7 Å². The second kappa shape index (κ2) is 6.35. The maximum atomic E-state index is 12.6. The van der Waals surface area contributed by atoms with Crippen molar-refractivity contribution in [1.82, 2.24) is 15.0 Å². The van der Waals surface area contributed by atoms with Crippen LogP contribution in [-0.2, 0) is 17.5 Å². The lowest BCUT2D eigenvalue weighted by Crippen LogP contribution is -2.03. The van der Waals surface area contributed by atoms with Gasteiger partial charge in [0.1, 0.15) is 12.4 Å². The van der Waals surface area contributed by atoms with Crippen molar-refractivity contribution in [3.63, 3.8) is 0 Å². The van der Waals surface area contributed by atoms with E-state index in [-0.39, 0.29) is 6.61 Å². The van der Waals surface area contributed by atoms with E-state index >= 15 is 0 Å². The molecule has 2 aromatic rings. The van der Waals surface area contributed by atoms with Gasteiger partial charge in [-0.1, -0.05) is 0 Å². The van der Waals surface area contributed by atoms with E-state index in [2.05, 4.69) is 20.3 Å². The first-order chi connectivity index (χ1) is 9.94. The third-order valence-corrected chi connectivity index (χ3v) is 3.53. The molecule has 0 aliphatic heterocycles. The van der Waals surface area contributed by atoms with E-state index in [1.54, 1.807) is 13.1 Å². The summed E-state index contributed by atoms with van der Waals surface area (Å²) in [5.41, 5.74) is 0.386. The van der Waals surface area contributed by atoms with Crippen molar-refractivity contribution in [3.8, 4) is 10.6 Å². The minimum Gasteiger partial charge on any atom is -0.374 e. The first-order valence-electron chi connectivity index (χ1n) is 6.11. The van der Waals surface area contributed by atoms with E-state index < -0.39 is 11.2 Å². The number of thiazole rings is 1.